The first-order chi connectivity index (χ1) is 10.5. The summed E-state index contributed by atoms with van der Waals surface area (Å²) in [5, 5.41) is 11.2. The lowest BCUT2D eigenvalue weighted by Crippen LogP contribution is -2.15. The zero-order valence-corrected chi connectivity index (χ0v) is 12.8. The molecule has 2 heteroatoms. The van der Waals surface area contributed by atoms with Gasteiger partial charge in [0.2, 0.25) is 0 Å². The van der Waals surface area contributed by atoms with Gasteiger partial charge in [0.15, 0.2) is 0 Å². The summed E-state index contributed by atoms with van der Waals surface area (Å²) >= 11 is 0. The molecule has 0 aliphatic rings. The fourth-order valence-corrected chi connectivity index (χ4v) is 2.38. The van der Waals surface area contributed by atoms with Crippen LogP contribution < -0.4 is 0 Å². The van der Waals surface area contributed by atoms with E-state index in [0.29, 0.717) is 0 Å². The fraction of sp³-hybridized carbons (Fsp3) is 0.150. The predicted octanol–water partition coefficient (Wildman–Crippen LogP) is 4.63. The Labute approximate surface area is 130 Å². The maximum atomic E-state index is 10.1. The van der Waals surface area contributed by atoms with Gasteiger partial charge in [0.05, 0.1) is 16.8 Å². The molecule has 1 heterocycles. The summed E-state index contributed by atoms with van der Waals surface area (Å²) in [6, 6.07) is 20.1. The number of fused-ring (bicyclic) bond motifs is 1. The maximum absolute atomic E-state index is 10.1. The average Bonchev–Trinajstić information content (AvgIpc) is 2.52. The molecule has 0 amide bonds. The first-order valence-electron chi connectivity index (χ1n) is 7.39. The van der Waals surface area contributed by atoms with Crippen LogP contribution in [-0.4, -0.2) is 10.1 Å². The average molecular weight is 289 g/mol. The zero-order valence-electron chi connectivity index (χ0n) is 12.8. The SMILES string of the molecule is CC(C)(O)c1cccc(C=Cc2ccc3ccccc3n2)c1. The van der Waals surface area contributed by atoms with Gasteiger partial charge in [-0.3, -0.25) is 0 Å². The fourth-order valence-electron chi connectivity index (χ4n) is 2.38. The molecular formula is C20H19NO. The maximum Gasteiger partial charge on any atom is 0.0840 e. The smallest absolute Gasteiger partial charge is 0.0840 e. The van der Waals surface area contributed by atoms with Gasteiger partial charge in [-0.2, -0.15) is 0 Å². The first-order valence-corrected chi connectivity index (χ1v) is 7.39. The van der Waals surface area contributed by atoms with Crippen LogP contribution in [0.1, 0.15) is 30.7 Å². The summed E-state index contributed by atoms with van der Waals surface area (Å²) in [5.41, 5.74) is 3.04. The molecule has 0 radical (unpaired) electrons. The number of pyridine rings is 1. The van der Waals surface area contributed by atoms with Crippen molar-refractivity contribution < 1.29 is 5.11 Å². The summed E-state index contributed by atoms with van der Waals surface area (Å²) in [4.78, 5) is 4.63. The summed E-state index contributed by atoms with van der Waals surface area (Å²) in [6.45, 7) is 3.58. The van der Waals surface area contributed by atoms with E-state index in [9.17, 15) is 5.11 Å². The van der Waals surface area contributed by atoms with E-state index in [1.54, 1.807) is 13.8 Å². The van der Waals surface area contributed by atoms with Gasteiger partial charge in [-0.1, -0.05) is 48.5 Å². The number of nitrogens with zero attached hydrogens (tertiary/aromatic N) is 1. The van der Waals surface area contributed by atoms with E-state index < -0.39 is 5.60 Å². The lowest BCUT2D eigenvalue weighted by molar-refractivity contribution is 0.0786. The molecule has 0 saturated carbocycles. The molecular weight excluding hydrogens is 270 g/mol. The van der Waals surface area contributed by atoms with Crippen LogP contribution in [0.4, 0.5) is 0 Å². The Bertz CT molecular complexity index is 828. The third-order valence-electron chi connectivity index (χ3n) is 3.66. The van der Waals surface area contributed by atoms with Gasteiger partial charge in [0.1, 0.15) is 0 Å². The van der Waals surface area contributed by atoms with Crippen molar-refractivity contribution in [3.05, 3.63) is 77.5 Å². The van der Waals surface area contributed by atoms with E-state index in [0.717, 1.165) is 27.7 Å². The molecule has 22 heavy (non-hydrogen) atoms. The summed E-state index contributed by atoms with van der Waals surface area (Å²) in [5.74, 6) is 0. The van der Waals surface area contributed by atoms with Gasteiger partial charge >= 0.3 is 0 Å². The van der Waals surface area contributed by atoms with Crippen LogP contribution in [0.2, 0.25) is 0 Å². The van der Waals surface area contributed by atoms with E-state index in [1.807, 2.05) is 60.7 Å². The van der Waals surface area contributed by atoms with Crippen molar-refractivity contribution in [2.24, 2.45) is 0 Å². The van der Waals surface area contributed by atoms with Crippen LogP contribution in [0.15, 0.2) is 60.7 Å². The molecule has 0 bridgehead atoms. The van der Waals surface area contributed by atoms with Crippen LogP contribution in [0, 0.1) is 0 Å². The Balaban J connectivity index is 1.89. The van der Waals surface area contributed by atoms with Crippen molar-refractivity contribution in [1.82, 2.24) is 4.98 Å². The second-order valence-corrected chi connectivity index (χ2v) is 5.95. The van der Waals surface area contributed by atoms with Crippen LogP contribution in [0.5, 0.6) is 0 Å². The Kier molecular flexibility index (Phi) is 3.78. The highest BCUT2D eigenvalue weighted by Crippen LogP contribution is 2.21. The Morgan fingerprint density at radius 2 is 1.73 bits per heavy atom. The van der Waals surface area contributed by atoms with Crippen molar-refractivity contribution in [2.45, 2.75) is 19.4 Å². The van der Waals surface area contributed by atoms with Crippen LogP contribution in [0.3, 0.4) is 0 Å². The van der Waals surface area contributed by atoms with E-state index >= 15 is 0 Å². The number of rotatable bonds is 3. The largest absolute Gasteiger partial charge is 0.386 e. The van der Waals surface area contributed by atoms with Gasteiger partial charge in [-0.05, 0) is 49.2 Å². The van der Waals surface area contributed by atoms with Gasteiger partial charge < -0.3 is 5.11 Å². The molecule has 0 fully saturated rings. The number of hydrogen-bond acceptors (Lipinski definition) is 2. The number of benzene rings is 2. The minimum absolute atomic E-state index is 0.828. The first kappa shape index (κ1) is 14.5. The minimum Gasteiger partial charge on any atom is -0.386 e. The second-order valence-electron chi connectivity index (χ2n) is 5.95. The highest BCUT2D eigenvalue weighted by Gasteiger charge is 2.15. The Morgan fingerprint density at radius 3 is 2.55 bits per heavy atom. The predicted molar refractivity (Wildman–Crippen MR) is 92.4 cm³/mol. The molecule has 3 rings (SSSR count). The van der Waals surface area contributed by atoms with E-state index in [-0.39, 0.29) is 0 Å². The highest BCUT2D eigenvalue weighted by atomic mass is 16.3. The van der Waals surface area contributed by atoms with E-state index in [4.69, 9.17) is 0 Å². The third-order valence-corrected chi connectivity index (χ3v) is 3.66. The van der Waals surface area contributed by atoms with Crippen molar-refractivity contribution in [1.29, 1.82) is 0 Å². The number of para-hydroxylation sites is 1. The third kappa shape index (κ3) is 3.23. The lowest BCUT2D eigenvalue weighted by Gasteiger charge is -2.17. The van der Waals surface area contributed by atoms with Crippen molar-refractivity contribution in [2.75, 3.05) is 0 Å². The van der Waals surface area contributed by atoms with Gasteiger partial charge in [0, 0.05) is 5.39 Å². The minimum atomic E-state index is -0.828. The van der Waals surface area contributed by atoms with E-state index in [2.05, 4.69) is 17.1 Å². The van der Waals surface area contributed by atoms with E-state index in [1.165, 1.54) is 0 Å². The number of aliphatic hydroxyl groups is 1. The molecule has 2 nitrogen and oxygen atoms in total. The normalized spacial score (nSPS) is 12.1. The standard InChI is InChI=1S/C20H19NO/c1-20(2,22)17-8-5-6-15(14-17)10-12-18-13-11-16-7-3-4-9-19(16)21-18/h3-14,22H,1-2H3. The topological polar surface area (TPSA) is 33.1 Å². The molecule has 0 unspecified atom stereocenters. The molecule has 1 aromatic heterocycles. The van der Waals surface area contributed by atoms with Crippen LogP contribution in [-0.2, 0) is 5.60 Å². The molecule has 0 spiro atoms. The summed E-state index contributed by atoms with van der Waals surface area (Å²) in [7, 11) is 0. The quantitative estimate of drug-likeness (QED) is 0.762. The molecule has 110 valence electrons. The monoisotopic (exact) mass is 289 g/mol. The molecule has 0 aliphatic carbocycles. The molecule has 0 aliphatic heterocycles. The number of aromatic nitrogens is 1. The zero-order chi connectivity index (χ0) is 15.6. The van der Waals surface area contributed by atoms with Gasteiger partial charge in [-0.25, -0.2) is 4.98 Å². The highest BCUT2D eigenvalue weighted by molar-refractivity contribution is 5.80. The molecule has 3 aromatic rings. The lowest BCUT2D eigenvalue weighted by atomic mass is 9.96. The van der Waals surface area contributed by atoms with Gasteiger partial charge in [-0.15, -0.1) is 0 Å². The van der Waals surface area contributed by atoms with Crippen molar-refractivity contribution >= 4 is 23.1 Å². The second kappa shape index (κ2) is 5.74. The Morgan fingerprint density at radius 1 is 0.909 bits per heavy atom. The van der Waals surface area contributed by atoms with Crippen molar-refractivity contribution in [3.8, 4) is 0 Å². The molecule has 2 aromatic carbocycles. The van der Waals surface area contributed by atoms with Gasteiger partial charge in [0.25, 0.3) is 0 Å². The van der Waals surface area contributed by atoms with Crippen LogP contribution in [0.25, 0.3) is 23.1 Å². The summed E-state index contributed by atoms with van der Waals surface area (Å²) < 4.78 is 0. The Hall–Kier alpha value is -2.45. The molecule has 0 atom stereocenters. The van der Waals surface area contributed by atoms with Crippen molar-refractivity contribution in [3.63, 3.8) is 0 Å². The summed E-state index contributed by atoms with van der Waals surface area (Å²) in [6.07, 6.45) is 4.02. The molecule has 0 saturated heterocycles. The number of hydrogen-bond donors (Lipinski definition) is 1. The van der Waals surface area contributed by atoms with Crippen LogP contribution >= 0.6 is 0 Å². The molecule has 1 N–H and O–H groups in total.